The average Bonchev–Trinajstić information content (AvgIpc) is 3.57. The number of hydrogen-bond acceptors (Lipinski definition) is 6. The van der Waals surface area contributed by atoms with Gasteiger partial charge in [0, 0.05) is 29.9 Å². The van der Waals surface area contributed by atoms with E-state index < -0.39 is 59.1 Å². The lowest BCUT2D eigenvalue weighted by atomic mass is 9.77. The third kappa shape index (κ3) is 9.60. The monoisotopic (exact) mass is 731 g/mol. The molecule has 5 rings (SSSR count). The van der Waals surface area contributed by atoms with Crippen molar-refractivity contribution in [2.75, 3.05) is 0 Å². The van der Waals surface area contributed by atoms with Crippen molar-refractivity contribution in [2.24, 2.45) is 5.73 Å². The molecule has 1 unspecified atom stereocenters. The van der Waals surface area contributed by atoms with Gasteiger partial charge in [0.2, 0.25) is 17.7 Å². The lowest BCUT2D eigenvalue weighted by Crippen LogP contribution is -2.57. The van der Waals surface area contributed by atoms with Crippen LogP contribution < -0.4 is 21.7 Å². The van der Waals surface area contributed by atoms with Crippen molar-refractivity contribution in [3.05, 3.63) is 144 Å². The summed E-state index contributed by atoms with van der Waals surface area (Å²) in [6, 6.07) is 32.5. The molecule has 0 aliphatic rings. The first-order chi connectivity index (χ1) is 25.8. The first-order valence-corrected chi connectivity index (χ1v) is 18.1. The summed E-state index contributed by atoms with van der Waals surface area (Å²) in [5.74, 6) is -3.10. The van der Waals surface area contributed by atoms with E-state index in [-0.39, 0.29) is 19.3 Å². The number of carboxylic acid groups (broad SMARTS) is 1. The largest absolute Gasteiger partial charge is 0.480 e. The van der Waals surface area contributed by atoms with Gasteiger partial charge in [-0.1, -0.05) is 109 Å². The number of carbonyl (C=O) groups is 4. The van der Waals surface area contributed by atoms with E-state index in [2.05, 4.69) is 20.9 Å². The normalized spacial score (nSPS) is 14.0. The number of rotatable bonds is 16. The molecule has 1 heterocycles. The first-order valence-electron chi connectivity index (χ1n) is 18.1. The van der Waals surface area contributed by atoms with Gasteiger partial charge in [-0.15, -0.1) is 0 Å². The average molecular weight is 732 g/mol. The number of carboxylic acids is 1. The van der Waals surface area contributed by atoms with Crippen molar-refractivity contribution in [1.82, 2.24) is 20.9 Å². The molecule has 4 aromatic carbocycles. The van der Waals surface area contributed by atoms with Crippen LogP contribution in [0.1, 0.15) is 62.8 Å². The molecule has 11 nitrogen and oxygen atoms in total. The van der Waals surface area contributed by atoms with E-state index in [0.29, 0.717) is 0 Å². The van der Waals surface area contributed by atoms with Crippen LogP contribution in [0.15, 0.2) is 121 Å². The Morgan fingerprint density at radius 1 is 0.741 bits per heavy atom. The molecular formula is C43H49N5O6. The minimum atomic E-state index is -1.44. The van der Waals surface area contributed by atoms with Gasteiger partial charge in [0.15, 0.2) is 0 Å². The number of carbonyl (C=O) groups excluding carboxylic acids is 3. The first kappa shape index (κ1) is 39.4. The Bertz CT molecular complexity index is 1930. The molecule has 5 aromatic rings. The summed E-state index contributed by atoms with van der Waals surface area (Å²) in [6.45, 7) is 7.22. The van der Waals surface area contributed by atoms with E-state index in [1.54, 1.807) is 13.1 Å². The fourth-order valence-electron chi connectivity index (χ4n) is 6.70. The highest BCUT2D eigenvalue weighted by Crippen LogP contribution is 2.37. The summed E-state index contributed by atoms with van der Waals surface area (Å²) in [6.07, 6.45) is 0.674. The Balaban J connectivity index is 1.37. The van der Waals surface area contributed by atoms with Gasteiger partial charge >= 0.3 is 5.97 Å². The van der Waals surface area contributed by atoms with Crippen LogP contribution in [-0.2, 0) is 35.9 Å². The van der Waals surface area contributed by atoms with Gasteiger partial charge < -0.3 is 36.5 Å². The van der Waals surface area contributed by atoms with Crippen molar-refractivity contribution >= 4 is 34.6 Å². The van der Waals surface area contributed by atoms with Crippen molar-refractivity contribution in [1.29, 1.82) is 0 Å². The molecule has 7 N–H and O–H groups in total. The summed E-state index contributed by atoms with van der Waals surface area (Å²) in [5.41, 5.74) is 8.64. The molecule has 0 saturated carbocycles. The Labute approximate surface area is 315 Å². The van der Waals surface area contributed by atoms with Crippen LogP contribution in [-0.4, -0.2) is 63.6 Å². The van der Waals surface area contributed by atoms with Crippen LogP contribution in [0.25, 0.3) is 10.9 Å². The van der Waals surface area contributed by atoms with Crippen LogP contribution in [0.5, 0.6) is 0 Å². The highest BCUT2D eigenvalue weighted by molar-refractivity contribution is 5.93. The van der Waals surface area contributed by atoms with Gasteiger partial charge in [-0.05, 0) is 62.4 Å². The second kappa shape index (κ2) is 17.4. The second-order valence-electron chi connectivity index (χ2n) is 14.4. The van der Waals surface area contributed by atoms with Crippen LogP contribution >= 0.6 is 0 Å². The number of ether oxygens (including phenoxy) is 1. The summed E-state index contributed by atoms with van der Waals surface area (Å²) in [7, 11) is 0. The predicted molar refractivity (Wildman–Crippen MR) is 208 cm³/mol. The van der Waals surface area contributed by atoms with Crippen molar-refractivity contribution in [3.63, 3.8) is 0 Å². The summed E-state index contributed by atoms with van der Waals surface area (Å²) in [5, 5.41) is 19.7. The zero-order valence-corrected chi connectivity index (χ0v) is 31.0. The molecule has 0 aliphatic heterocycles. The third-order valence-electron chi connectivity index (χ3n) is 9.30. The maximum Gasteiger partial charge on any atom is 0.326 e. The number of hydrogen-bond donors (Lipinski definition) is 6. The van der Waals surface area contributed by atoms with E-state index >= 15 is 0 Å². The number of H-pyrrole nitrogens is 1. The fraction of sp³-hybridized carbons (Fsp3) is 0.302. The van der Waals surface area contributed by atoms with Gasteiger partial charge in [0.1, 0.15) is 23.7 Å². The fourth-order valence-corrected chi connectivity index (χ4v) is 6.70. The highest BCUT2D eigenvalue weighted by Gasteiger charge is 2.38. The quantitative estimate of drug-likeness (QED) is 0.0758. The highest BCUT2D eigenvalue weighted by atomic mass is 16.5. The van der Waals surface area contributed by atoms with Crippen molar-refractivity contribution in [3.8, 4) is 0 Å². The lowest BCUT2D eigenvalue weighted by molar-refractivity contribution is -0.142. The summed E-state index contributed by atoms with van der Waals surface area (Å²) in [4.78, 5) is 57.1. The van der Waals surface area contributed by atoms with Crippen molar-refractivity contribution in [2.45, 2.75) is 82.3 Å². The van der Waals surface area contributed by atoms with E-state index in [4.69, 9.17) is 10.5 Å². The van der Waals surface area contributed by atoms with Gasteiger partial charge in [0.05, 0.1) is 11.7 Å². The van der Waals surface area contributed by atoms with Crippen molar-refractivity contribution < 1.29 is 29.0 Å². The Kier molecular flexibility index (Phi) is 12.7. The molecule has 0 saturated heterocycles. The number of para-hydroxylation sites is 1. The maximum atomic E-state index is 13.9. The smallest absolute Gasteiger partial charge is 0.326 e. The van der Waals surface area contributed by atoms with E-state index in [0.717, 1.165) is 33.2 Å². The van der Waals surface area contributed by atoms with Gasteiger partial charge in [-0.2, -0.15) is 0 Å². The molecule has 0 spiro atoms. The number of fused-ring (bicyclic) bond motifs is 1. The third-order valence-corrected chi connectivity index (χ3v) is 9.30. The van der Waals surface area contributed by atoms with Gasteiger partial charge in [0.25, 0.3) is 0 Å². The second-order valence-corrected chi connectivity index (χ2v) is 14.4. The summed E-state index contributed by atoms with van der Waals surface area (Å²) >= 11 is 0. The predicted octanol–water partition coefficient (Wildman–Crippen LogP) is 5.18. The molecule has 3 amide bonds. The number of nitrogens with one attached hydrogen (secondary N) is 4. The molecule has 0 radical (unpaired) electrons. The standard InChI is InChI=1S/C43H49N5O6/c1-28(54-42(2,3)4)38(44)40(51)47-36(26-29-27-45-34-23-15-14-22-33(29)34)39(50)46-35(41(52)53)24-25-37(49)48-43(30-16-8-5-9-17-30,31-18-10-6-11-19-31)32-20-12-7-13-21-32/h5-23,27-28,35-36,38,45H,24-26,44H2,1-4H3,(H,46,50)(H,47,51)(H,48,49)(H,52,53)/t28-,35+,36?,38+/m1/s1. The van der Waals surface area contributed by atoms with Crippen LogP contribution in [0.2, 0.25) is 0 Å². The number of aromatic amines is 1. The number of benzene rings is 4. The molecule has 11 heteroatoms. The molecule has 4 atom stereocenters. The van der Waals surface area contributed by atoms with Crippen LogP contribution in [0, 0.1) is 0 Å². The number of nitrogens with two attached hydrogens (primary N) is 1. The minimum absolute atomic E-state index is 0.0450. The minimum Gasteiger partial charge on any atom is -0.480 e. The molecule has 1 aromatic heterocycles. The Morgan fingerprint density at radius 3 is 1.76 bits per heavy atom. The van der Waals surface area contributed by atoms with E-state index in [9.17, 15) is 24.3 Å². The Morgan fingerprint density at radius 2 is 1.24 bits per heavy atom. The lowest BCUT2D eigenvalue weighted by Gasteiger charge is -2.37. The van der Waals surface area contributed by atoms with Gasteiger partial charge in [-0.25, -0.2) is 4.79 Å². The molecule has 0 aliphatic carbocycles. The molecular weight excluding hydrogens is 683 g/mol. The zero-order chi connectivity index (χ0) is 38.9. The number of aromatic nitrogens is 1. The topological polar surface area (TPSA) is 176 Å². The molecule has 0 fully saturated rings. The zero-order valence-electron chi connectivity index (χ0n) is 31.0. The molecule has 54 heavy (non-hydrogen) atoms. The van der Waals surface area contributed by atoms with E-state index in [1.165, 1.54) is 0 Å². The Hall–Kier alpha value is -5.78. The van der Waals surface area contributed by atoms with Gasteiger partial charge in [-0.3, -0.25) is 14.4 Å². The SMILES string of the molecule is C[C@@H](OC(C)(C)C)[C@H](N)C(=O)NC(Cc1c[nH]c2ccccc12)C(=O)N[C@@H](CCC(=O)NC(c1ccccc1)(c1ccccc1)c1ccccc1)C(=O)O. The van der Waals surface area contributed by atoms with Crippen LogP contribution in [0.4, 0.5) is 0 Å². The molecule has 282 valence electrons. The maximum absolute atomic E-state index is 13.9. The number of aliphatic carboxylic acids is 1. The van der Waals surface area contributed by atoms with Crippen LogP contribution in [0.3, 0.4) is 0 Å². The molecule has 0 bridgehead atoms. The summed E-state index contributed by atoms with van der Waals surface area (Å²) < 4.78 is 5.89. The van der Waals surface area contributed by atoms with E-state index in [1.807, 2.05) is 136 Å². The number of amides is 3.